The van der Waals surface area contributed by atoms with Crippen LogP contribution in [0.5, 0.6) is 0 Å². The van der Waals surface area contributed by atoms with Crippen LogP contribution in [0.2, 0.25) is 0 Å². The van der Waals surface area contributed by atoms with Crippen molar-refractivity contribution < 1.29 is 14.3 Å². The Labute approximate surface area is 140 Å². The van der Waals surface area contributed by atoms with Crippen molar-refractivity contribution in [1.29, 1.82) is 0 Å². The molecule has 0 aromatic heterocycles. The van der Waals surface area contributed by atoms with Crippen molar-refractivity contribution in [1.82, 2.24) is 5.32 Å². The number of nitrogens with one attached hydrogen (secondary N) is 1. The van der Waals surface area contributed by atoms with Crippen molar-refractivity contribution in [2.45, 2.75) is 25.4 Å². The van der Waals surface area contributed by atoms with E-state index >= 15 is 0 Å². The van der Waals surface area contributed by atoms with Gasteiger partial charge in [-0.3, -0.25) is 4.79 Å². The maximum Gasteiger partial charge on any atom is 0.339 e. The Kier molecular flexibility index (Phi) is 3.81. The van der Waals surface area contributed by atoms with E-state index in [9.17, 15) is 9.59 Å². The fourth-order valence-electron chi connectivity index (χ4n) is 3.05. The largest absolute Gasteiger partial charge is 0.454 e. The molecule has 4 heteroatoms. The molecule has 2 aromatic rings. The lowest BCUT2D eigenvalue weighted by atomic mass is 9.93. The number of ether oxygens (including phenoxy) is 1. The molecule has 2 aliphatic rings. The zero-order chi connectivity index (χ0) is 16.5. The number of carbonyl (C=O) groups excluding carboxylic acids is 2. The van der Waals surface area contributed by atoms with Gasteiger partial charge in [0.15, 0.2) is 0 Å². The second-order valence-electron chi connectivity index (χ2n) is 6.53. The maximum absolute atomic E-state index is 12.3. The van der Waals surface area contributed by atoms with Crippen LogP contribution in [0.25, 0.3) is 0 Å². The summed E-state index contributed by atoms with van der Waals surface area (Å²) in [7, 11) is 0. The van der Waals surface area contributed by atoms with Crippen LogP contribution in [0.15, 0.2) is 48.5 Å². The van der Waals surface area contributed by atoms with Crippen LogP contribution in [-0.4, -0.2) is 18.4 Å². The number of esters is 1. The average Bonchev–Trinajstić information content (AvgIpc) is 3.44. The Morgan fingerprint density at radius 2 is 1.92 bits per heavy atom. The molecule has 1 aliphatic heterocycles. The first-order valence-corrected chi connectivity index (χ1v) is 8.38. The number of fused-ring (bicyclic) bond motifs is 1. The highest BCUT2D eigenvalue weighted by molar-refractivity contribution is 5.97. The van der Waals surface area contributed by atoms with Crippen molar-refractivity contribution in [3.63, 3.8) is 0 Å². The number of carbonyl (C=O) groups is 2. The summed E-state index contributed by atoms with van der Waals surface area (Å²) in [6.07, 6.45) is 2.70. The molecule has 2 aromatic carbocycles. The molecule has 1 saturated carbocycles. The first kappa shape index (κ1) is 14.9. The van der Waals surface area contributed by atoms with Gasteiger partial charge in [-0.2, -0.15) is 0 Å². The van der Waals surface area contributed by atoms with Crippen molar-refractivity contribution in [3.8, 4) is 0 Å². The third-order valence-electron chi connectivity index (χ3n) is 4.66. The third-order valence-corrected chi connectivity index (χ3v) is 4.66. The number of benzene rings is 2. The van der Waals surface area contributed by atoms with Gasteiger partial charge in [0.25, 0.3) is 5.91 Å². The molecule has 0 saturated heterocycles. The predicted molar refractivity (Wildman–Crippen MR) is 89.8 cm³/mol. The van der Waals surface area contributed by atoms with Gasteiger partial charge in [-0.1, -0.05) is 30.3 Å². The molecule has 4 rings (SSSR count). The summed E-state index contributed by atoms with van der Waals surface area (Å²) in [5, 5.41) is 2.97. The molecule has 0 unspecified atom stereocenters. The summed E-state index contributed by atoms with van der Waals surface area (Å²) in [5.74, 6) is 0.249. The molecule has 122 valence electrons. The fraction of sp³-hybridized carbons (Fsp3) is 0.300. The molecule has 0 radical (unpaired) electrons. The third kappa shape index (κ3) is 3.04. The Hall–Kier alpha value is -2.62. The molecular formula is C20H19NO3. The second-order valence-corrected chi connectivity index (χ2v) is 6.53. The molecule has 0 bridgehead atoms. The van der Waals surface area contributed by atoms with E-state index in [1.54, 1.807) is 12.1 Å². The zero-order valence-corrected chi connectivity index (χ0v) is 13.3. The highest BCUT2D eigenvalue weighted by Gasteiger charge is 2.28. The summed E-state index contributed by atoms with van der Waals surface area (Å²) in [5.41, 5.74) is 3.01. The van der Waals surface area contributed by atoms with E-state index < -0.39 is 0 Å². The van der Waals surface area contributed by atoms with Gasteiger partial charge in [-0.15, -0.1) is 0 Å². The minimum atomic E-state index is -0.324. The fourth-order valence-corrected chi connectivity index (χ4v) is 3.05. The SMILES string of the molecule is O=C(NCC1CC1)c1ccc2c(c1)C[C@H](c1ccccc1)OC2=O. The zero-order valence-electron chi connectivity index (χ0n) is 13.3. The van der Waals surface area contributed by atoms with Gasteiger partial charge in [0.2, 0.25) is 0 Å². The quantitative estimate of drug-likeness (QED) is 0.879. The van der Waals surface area contributed by atoms with Crippen molar-refractivity contribution in [3.05, 3.63) is 70.8 Å². The van der Waals surface area contributed by atoms with Crippen LogP contribution in [0.3, 0.4) is 0 Å². The normalized spacial score (nSPS) is 19.3. The summed E-state index contributed by atoms with van der Waals surface area (Å²) in [4.78, 5) is 24.5. The van der Waals surface area contributed by atoms with E-state index in [0.29, 0.717) is 23.5 Å². The van der Waals surface area contributed by atoms with E-state index in [4.69, 9.17) is 4.74 Å². The van der Waals surface area contributed by atoms with Gasteiger partial charge in [-0.25, -0.2) is 4.79 Å². The van der Waals surface area contributed by atoms with Crippen LogP contribution in [-0.2, 0) is 11.2 Å². The van der Waals surface area contributed by atoms with E-state index in [1.807, 2.05) is 36.4 Å². The standard InChI is InChI=1S/C20H19NO3/c22-19(21-12-13-6-7-13)15-8-9-17-16(10-15)11-18(24-20(17)23)14-4-2-1-3-5-14/h1-5,8-10,13,18H,6-7,11-12H2,(H,21,22)/t18-/m1/s1. The van der Waals surface area contributed by atoms with Crippen molar-refractivity contribution >= 4 is 11.9 Å². The van der Waals surface area contributed by atoms with E-state index in [1.165, 1.54) is 12.8 Å². The summed E-state index contributed by atoms with van der Waals surface area (Å²) in [6.45, 7) is 0.741. The minimum absolute atomic E-state index is 0.0695. The Bertz CT molecular complexity index is 781. The molecule has 4 nitrogen and oxygen atoms in total. The Morgan fingerprint density at radius 1 is 1.12 bits per heavy atom. The van der Waals surface area contributed by atoms with Crippen LogP contribution in [0.4, 0.5) is 0 Å². The number of hydrogen-bond donors (Lipinski definition) is 1. The number of cyclic esters (lactones) is 1. The highest BCUT2D eigenvalue weighted by Crippen LogP contribution is 2.31. The summed E-state index contributed by atoms with van der Waals surface area (Å²) < 4.78 is 5.55. The molecule has 24 heavy (non-hydrogen) atoms. The van der Waals surface area contributed by atoms with E-state index in [-0.39, 0.29) is 18.0 Å². The first-order chi connectivity index (χ1) is 11.7. The second kappa shape index (κ2) is 6.11. The maximum atomic E-state index is 12.3. The van der Waals surface area contributed by atoms with Crippen molar-refractivity contribution in [2.75, 3.05) is 6.54 Å². The number of amides is 1. The minimum Gasteiger partial charge on any atom is -0.454 e. The molecule has 1 fully saturated rings. The first-order valence-electron chi connectivity index (χ1n) is 8.38. The lowest BCUT2D eigenvalue weighted by Gasteiger charge is -2.25. The van der Waals surface area contributed by atoms with Gasteiger partial charge in [-0.05, 0) is 48.1 Å². The van der Waals surface area contributed by atoms with Gasteiger partial charge >= 0.3 is 5.97 Å². The Balaban J connectivity index is 1.56. The number of hydrogen-bond acceptors (Lipinski definition) is 3. The smallest absolute Gasteiger partial charge is 0.339 e. The molecule has 1 atom stereocenters. The molecular weight excluding hydrogens is 302 g/mol. The predicted octanol–water partition coefficient (Wildman–Crippen LogP) is 3.28. The van der Waals surface area contributed by atoms with Crippen molar-refractivity contribution in [2.24, 2.45) is 5.92 Å². The van der Waals surface area contributed by atoms with Crippen LogP contribution < -0.4 is 5.32 Å². The molecule has 1 heterocycles. The molecule has 1 amide bonds. The molecule has 1 aliphatic carbocycles. The van der Waals surface area contributed by atoms with Gasteiger partial charge in [0.05, 0.1) is 5.56 Å². The van der Waals surface area contributed by atoms with Crippen LogP contribution in [0.1, 0.15) is 50.8 Å². The molecule has 1 N–H and O–H groups in total. The Morgan fingerprint density at radius 3 is 2.67 bits per heavy atom. The van der Waals surface area contributed by atoms with Crippen LogP contribution >= 0.6 is 0 Å². The molecule has 0 spiro atoms. The number of rotatable bonds is 4. The van der Waals surface area contributed by atoms with Gasteiger partial charge in [0.1, 0.15) is 6.10 Å². The topological polar surface area (TPSA) is 55.4 Å². The lowest BCUT2D eigenvalue weighted by molar-refractivity contribution is 0.0252. The lowest BCUT2D eigenvalue weighted by Crippen LogP contribution is -2.27. The van der Waals surface area contributed by atoms with E-state index in [0.717, 1.165) is 17.7 Å². The van der Waals surface area contributed by atoms with E-state index in [2.05, 4.69) is 5.32 Å². The van der Waals surface area contributed by atoms with Gasteiger partial charge < -0.3 is 10.1 Å². The van der Waals surface area contributed by atoms with Crippen LogP contribution in [0, 0.1) is 5.92 Å². The monoisotopic (exact) mass is 321 g/mol. The summed E-state index contributed by atoms with van der Waals surface area (Å²) in [6, 6.07) is 14.9. The highest BCUT2D eigenvalue weighted by atomic mass is 16.5. The average molecular weight is 321 g/mol. The van der Waals surface area contributed by atoms with Gasteiger partial charge in [0, 0.05) is 18.5 Å². The summed E-state index contributed by atoms with van der Waals surface area (Å²) >= 11 is 0.